The molecule has 2 rings (SSSR count). The summed E-state index contributed by atoms with van der Waals surface area (Å²) in [6, 6.07) is 8.69. The van der Waals surface area contributed by atoms with Crippen LogP contribution in [-0.4, -0.2) is 17.0 Å². The lowest BCUT2D eigenvalue weighted by atomic mass is 10.1. The number of nitrogens with zero attached hydrogens (tertiary/aromatic N) is 1. The minimum absolute atomic E-state index is 0.664. The molecule has 0 amide bonds. The molecule has 3 heteroatoms. The van der Waals surface area contributed by atoms with E-state index < -0.39 is 0 Å². The van der Waals surface area contributed by atoms with Gasteiger partial charge in [0.05, 0.1) is 6.54 Å². The lowest BCUT2D eigenvalue weighted by Crippen LogP contribution is -2.06. The third kappa shape index (κ3) is 3.50. The van der Waals surface area contributed by atoms with Gasteiger partial charge >= 0.3 is 0 Å². The maximum absolute atomic E-state index is 4.51. The number of nitrogens with one attached hydrogen (secondary N) is 1. The highest BCUT2D eigenvalue weighted by Gasteiger charge is 2.17. The van der Waals surface area contributed by atoms with Crippen molar-refractivity contribution in [2.75, 3.05) is 11.9 Å². The molecule has 1 aromatic rings. The Morgan fingerprint density at radius 1 is 1.29 bits per heavy atom. The van der Waals surface area contributed by atoms with E-state index >= 15 is 0 Å². The zero-order valence-electron chi connectivity index (χ0n) is 10.6. The highest BCUT2D eigenvalue weighted by atomic mass is 32.2. The molecule has 92 valence electrons. The minimum Gasteiger partial charge on any atom is -0.335 e. The van der Waals surface area contributed by atoms with Crippen molar-refractivity contribution in [2.24, 2.45) is 4.99 Å². The van der Waals surface area contributed by atoms with Crippen molar-refractivity contribution in [1.82, 2.24) is 0 Å². The van der Waals surface area contributed by atoms with Crippen molar-refractivity contribution in [3.63, 3.8) is 0 Å². The maximum atomic E-state index is 4.51. The van der Waals surface area contributed by atoms with Gasteiger partial charge in [-0.3, -0.25) is 4.99 Å². The third-order valence-electron chi connectivity index (χ3n) is 2.92. The van der Waals surface area contributed by atoms with Gasteiger partial charge in [-0.2, -0.15) is 0 Å². The summed E-state index contributed by atoms with van der Waals surface area (Å²) in [7, 11) is 0. The molecule has 0 spiro atoms. The van der Waals surface area contributed by atoms with Gasteiger partial charge in [-0.15, -0.1) is 0 Å². The SMILES string of the molecule is CCCc1ccc(NC2=NCC(CC)S2)cc1. The first-order valence-corrected chi connectivity index (χ1v) is 7.26. The molecule has 1 aliphatic heterocycles. The van der Waals surface area contributed by atoms with Gasteiger partial charge in [0.25, 0.3) is 0 Å². The van der Waals surface area contributed by atoms with Crippen molar-refractivity contribution in [1.29, 1.82) is 0 Å². The van der Waals surface area contributed by atoms with Gasteiger partial charge in [0, 0.05) is 10.9 Å². The largest absolute Gasteiger partial charge is 0.335 e. The van der Waals surface area contributed by atoms with E-state index in [1.807, 2.05) is 11.8 Å². The highest BCUT2D eigenvalue weighted by molar-refractivity contribution is 8.15. The molecule has 0 aliphatic carbocycles. The predicted molar refractivity (Wildman–Crippen MR) is 78.0 cm³/mol. The summed E-state index contributed by atoms with van der Waals surface area (Å²) in [5.41, 5.74) is 2.55. The van der Waals surface area contributed by atoms with E-state index in [0.717, 1.165) is 23.8 Å². The Morgan fingerprint density at radius 2 is 2.06 bits per heavy atom. The fourth-order valence-electron chi connectivity index (χ4n) is 1.87. The molecule has 0 radical (unpaired) electrons. The summed E-state index contributed by atoms with van der Waals surface area (Å²) < 4.78 is 0. The molecule has 0 saturated heterocycles. The minimum atomic E-state index is 0.664. The van der Waals surface area contributed by atoms with Crippen LogP contribution in [0.4, 0.5) is 5.69 Å². The van der Waals surface area contributed by atoms with Crippen molar-refractivity contribution in [2.45, 2.75) is 38.4 Å². The molecular formula is C14H20N2S. The van der Waals surface area contributed by atoms with Crippen LogP contribution in [0.5, 0.6) is 0 Å². The number of rotatable bonds is 4. The number of aryl methyl sites for hydroxylation is 1. The molecule has 0 fully saturated rings. The van der Waals surface area contributed by atoms with Gasteiger partial charge in [0.15, 0.2) is 5.17 Å². The van der Waals surface area contributed by atoms with Crippen LogP contribution in [0.2, 0.25) is 0 Å². The van der Waals surface area contributed by atoms with E-state index in [1.54, 1.807) is 0 Å². The topological polar surface area (TPSA) is 24.4 Å². The molecular weight excluding hydrogens is 228 g/mol. The van der Waals surface area contributed by atoms with Crippen LogP contribution in [0.25, 0.3) is 0 Å². The number of amidine groups is 1. The molecule has 0 aromatic heterocycles. The fraction of sp³-hybridized carbons (Fsp3) is 0.500. The van der Waals surface area contributed by atoms with Gasteiger partial charge in [-0.25, -0.2) is 0 Å². The Balaban J connectivity index is 1.91. The number of aliphatic imine (C=N–C) groups is 1. The first kappa shape index (κ1) is 12.5. The average molecular weight is 248 g/mol. The summed E-state index contributed by atoms with van der Waals surface area (Å²) in [4.78, 5) is 4.51. The van der Waals surface area contributed by atoms with Crippen molar-refractivity contribution < 1.29 is 0 Å². The summed E-state index contributed by atoms with van der Waals surface area (Å²) >= 11 is 1.86. The normalized spacial score (nSPS) is 19.2. The monoisotopic (exact) mass is 248 g/mol. The third-order valence-corrected chi connectivity index (χ3v) is 4.19. The first-order valence-electron chi connectivity index (χ1n) is 6.39. The molecule has 17 heavy (non-hydrogen) atoms. The summed E-state index contributed by atoms with van der Waals surface area (Å²) in [5.74, 6) is 0. The highest BCUT2D eigenvalue weighted by Crippen LogP contribution is 2.24. The van der Waals surface area contributed by atoms with Crippen LogP contribution in [0, 0.1) is 0 Å². The Morgan fingerprint density at radius 3 is 2.65 bits per heavy atom. The van der Waals surface area contributed by atoms with Gasteiger partial charge in [0.1, 0.15) is 0 Å². The van der Waals surface area contributed by atoms with Crippen LogP contribution >= 0.6 is 11.8 Å². The Hall–Kier alpha value is -0.960. The molecule has 0 saturated carbocycles. The van der Waals surface area contributed by atoms with E-state index in [0.29, 0.717) is 5.25 Å². The van der Waals surface area contributed by atoms with Crippen LogP contribution in [0.1, 0.15) is 32.3 Å². The van der Waals surface area contributed by atoms with Crippen molar-refractivity contribution >= 4 is 22.6 Å². The molecule has 1 atom stereocenters. The van der Waals surface area contributed by atoms with E-state index in [9.17, 15) is 0 Å². The summed E-state index contributed by atoms with van der Waals surface area (Å²) in [6.45, 7) is 5.38. The molecule has 1 N–H and O–H groups in total. The second kappa shape index (κ2) is 6.10. The van der Waals surface area contributed by atoms with Crippen molar-refractivity contribution in [3.8, 4) is 0 Å². The first-order chi connectivity index (χ1) is 8.31. The Kier molecular flexibility index (Phi) is 4.49. The molecule has 1 unspecified atom stereocenters. The zero-order chi connectivity index (χ0) is 12.1. The van der Waals surface area contributed by atoms with Crippen molar-refractivity contribution in [3.05, 3.63) is 29.8 Å². The molecule has 0 bridgehead atoms. The number of anilines is 1. The zero-order valence-corrected chi connectivity index (χ0v) is 11.4. The van der Waals surface area contributed by atoms with Gasteiger partial charge in [0.2, 0.25) is 0 Å². The quantitative estimate of drug-likeness (QED) is 0.873. The number of thioether (sulfide) groups is 1. The van der Waals surface area contributed by atoms with Crippen LogP contribution < -0.4 is 5.32 Å². The molecule has 1 aliphatic rings. The van der Waals surface area contributed by atoms with Crippen LogP contribution in [-0.2, 0) is 6.42 Å². The maximum Gasteiger partial charge on any atom is 0.161 e. The standard InChI is InChI=1S/C14H20N2S/c1-3-5-11-6-8-12(9-7-11)16-14-15-10-13(4-2)17-14/h6-9,13H,3-5,10H2,1-2H3,(H,15,16). The second-order valence-corrected chi connectivity index (χ2v) is 5.65. The number of hydrogen-bond acceptors (Lipinski definition) is 3. The fourth-order valence-corrected chi connectivity index (χ4v) is 2.82. The number of benzene rings is 1. The lowest BCUT2D eigenvalue weighted by molar-refractivity contribution is 0.843. The molecule has 1 aromatic carbocycles. The summed E-state index contributed by atoms with van der Waals surface area (Å²) in [6.07, 6.45) is 3.55. The van der Waals surface area contributed by atoms with Gasteiger partial charge in [-0.05, 0) is 30.5 Å². The van der Waals surface area contributed by atoms with E-state index in [2.05, 4.69) is 48.4 Å². The smallest absolute Gasteiger partial charge is 0.161 e. The van der Waals surface area contributed by atoms with E-state index in [4.69, 9.17) is 0 Å². The van der Waals surface area contributed by atoms with E-state index in [-0.39, 0.29) is 0 Å². The summed E-state index contributed by atoms with van der Waals surface area (Å²) in [5, 5.41) is 5.12. The Bertz CT molecular complexity index is 384. The Labute approximate surface area is 108 Å². The molecule has 1 heterocycles. The van der Waals surface area contributed by atoms with Crippen LogP contribution in [0.15, 0.2) is 29.3 Å². The molecule has 2 nitrogen and oxygen atoms in total. The van der Waals surface area contributed by atoms with E-state index in [1.165, 1.54) is 18.4 Å². The van der Waals surface area contributed by atoms with Crippen LogP contribution in [0.3, 0.4) is 0 Å². The lowest BCUT2D eigenvalue weighted by Gasteiger charge is -2.07. The second-order valence-electron chi connectivity index (χ2n) is 4.37. The predicted octanol–water partition coefficient (Wildman–Crippen LogP) is 3.93. The average Bonchev–Trinajstić information content (AvgIpc) is 2.80. The van der Waals surface area contributed by atoms with Gasteiger partial charge in [-0.1, -0.05) is 44.2 Å². The number of hydrogen-bond donors (Lipinski definition) is 1. The van der Waals surface area contributed by atoms with Gasteiger partial charge < -0.3 is 5.32 Å².